The van der Waals surface area contributed by atoms with E-state index in [4.69, 9.17) is 4.42 Å². The monoisotopic (exact) mass is 294 g/mol. The van der Waals surface area contributed by atoms with Crippen LogP contribution < -0.4 is 4.90 Å². The van der Waals surface area contributed by atoms with E-state index in [-0.39, 0.29) is 0 Å². The lowest BCUT2D eigenvalue weighted by atomic mass is 10.3. The molecule has 1 fully saturated rings. The highest BCUT2D eigenvalue weighted by atomic mass is 16.3. The Kier molecular flexibility index (Phi) is 3.48. The van der Waals surface area contributed by atoms with E-state index < -0.39 is 0 Å². The number of nitrogens with zero attached hydrogens (tertiary/aromatic N) is 4. The number of anilines is 1. The van der Waals surface area contributed by atoms with Gasteiger partial charge in [-0.2, -0.15) is 0 Å². The molecule has 0 aromatic carbocycles. The lowest BCUT2D eigenvalue weighted by molar-refractivity contribution is 0.232. The highest BCUT2D eigenvalue weighted by Crippen LogP contribution is 2.19. The van der Waals surface area contributed by atoms with Crippen LogP contribution in [0.5, 0.6) is 0 Å². The molecular weight excluding hydrogens is 276 g/mol. The lowest BCUT2D eigenvalue weighted by Crippen LogP contribution is -2.46. The minimum absolute atomic E-state index is 0.840. The fraction of sp³-hybridized carbons (Fsp3) is 0.294. The number of pyridine rings is 2. The SMILES string of the molecule is c1ccc(N2CCN(Cc3cc4ncccc4o3)CC2)nc1. The van der Waals surface area contributed by atoms with Crippen molar-refractivity contribution in [3.05, 3.63) is 54.6 Å². The fourth-order valence-electron chi connectivity index (χ4n) is 2.89. The van der Waals surface area contributed by atoms with Gasteiger partial charge in [0.15, 0.2) is 5.58 Å². The summed E-state index contributed by atoms with van der Waals surface area (Å²) in [5.74, 6) is 2.05. The zero-order valence-corrected chi connectivity index (χ0v) is 12.4. The van der Waals surface area contributed by atoms with Crippen LogP contribution in [0, 0.1) is 0 Å². The summed E-state index contributed by atoms with van der Waals surface area (Å²) in [6.45, 7) is 4.86. The first-order valence-corrected chi connectivity index (χ1v) is 7.60. The Bertz CT molecular complexity index is 714. The number of rotatable bonds is 3. The number of piperazine rings is 1. The summed E-state index contributed by atoms with van der Waals surface area (Å²) < 4.78 is 5.85. The quantitative estimate of drug-likeness (QED) is 0.743. The van der Waals surface area contributed by atoms with Crippen LogP contribution >= 0.6 is 0 Å². The van der Waals surface area contributed by atoms with E-state index in [9.17, 15) is 0 Å². The molecule has 1 aliphatic rings. The summed E-state index contributed by atoms with van der Waals surface area (Å²) >= 11 is 0. The molecule has 1 saturated heterocycles. The van der Waals surface area contributed by atoms with Crippen molar-refractivity contribution >= 4 is 16.9 Å². The first-order chi connectivity index (χ1) is 10.9. The third kappa shape index (κ3) is 2.67. The predicted octanol–water partition coefficient (Wildman–Crippen LogP) is 2.55. The van der Waals surface area contributed by atoms with Crippen molar-refractivity contribution in [3.63, 3.8) is 0 Å². The molecule has 0 atom stereocenters. The largest absolute Gasteiger partial charge is 0.458 e. The number of furan rings is 1. The summed E-state index contributed by atoms with van der Waals surface area (Å²) in [6, 6.07) is 12.0. The average molecular weight is 294 g/mol. The molecule has 5 nitrogen and oxygen atoms in total. The van der Waals surface area contributed by atoms with Crippen molar-refractivity contribution in [3.8, 4) is 0 Å². The van der Waals surface area contributed by atoms with Gasteiger partial charge in [0.05, 0.1) is 6.54 Å². The molecule has 3 aromatic rings. The van der Waals surface area contributed by atoms with Crippen molar-refractivity contribution < 1.29 is 4.42 Å². The molecule has 112 valence electrons. The normalized spacial score (nSPS) is 16.3. The highest BCUT2D eigenvalue weighted by molar-refractivity contribution is 5.72. The van der Waals surface area contributed by atoms with Crippen LogP contribution in [-0.2, 0) is 6.54 Å². The van der Waals surface area contributed by atoms with Gasteiger partial charge in [-0.25, -0.2) is 4.98 Å². The minimum atomic E-state index is 0.840. The van der Waals surface area contributed by atoms with E-state index in [1.165, 1.54) is 0 Å². The molecule has 0 saturated carbocycles. The Balaban J connectivity index is 1.39. The van der Waals surface area contributed by atoms with Gasteiger partial charge in [-0.1, -0.05) is 6.07 Å². The molecule has 4 rings (SSSR count). The second-order valence-corrected chi connectivity index (χ2v) is 5.55. The van der Waals surface area contributed by atoms with Crippen molar-refractivity contribution in [1.29, 1.82) is 0 Å². The van der Waals surface area contributed by atoms with Crippen molar-refractivity contribution in [1.82, 2.24) is 14.9 Å². The number of hydrogen-bond donors (Lipinski definition) is 0. The van der Waals surface area contributed by atoms with Gasteiger partial charge in [0.1, 0.15) is 17.1 Å². The van der Waals surface area contributed by atoms with Gasteiger partial charge >= 0.3 is 0 Å². The van der Waals surface area contributed by atoms with E-state index in [1.54, 1.807) is 6.20 Å². The first-order valence-electron chi connectivity index (χ1n) is 7.60. The van der Waals surface area contributed by atoms with Crippen molar-refractivity contribution in [2.75, 3.05) is 31.1 Å². The van der Waals surface area contributed by atoms with Crippen LogP contribution in [0.1, 0.15) is 5.76 Å². The first kappa shape index (κ1) is 13.3. The maximum absolute atomic E-state index is 5.85. The van der Waals surface area contributed by atoms with Crippen LogP contribution in [0.4, 0.5) is 5.82 Å². The van der Waals surface area contributed by atoms with Crippen LogP contribution in [-0.4, -0.2) is 41.0 Å². The topological polar surface area (TPSA) is 45.4 Å². The van der Waals surface area contributed by atoms with Gasteiger partial charge in [-0.15, -0.1) is 0 Å². The molecule has 0 aliphatic carbocycles. The summed E-state index contributed by atoms with van der Waals surface area (Å²) in [5.41, 5.74) is 1.80. The van der Waals surface area contributed by atoms with Crippen LogP contribution in [0.2, 0.25) is 0 Å². The average Bonchev–Trinajstić information content (AvgIpc) is 2.98. The maximum Gasteiger partial charge on any atom is 0.152 e. The van der Waals surface area contributed by atoms with E-state index in [0.29, 0.717) is 0 Å². The Labute approximate surface area is 129 Å². The standard InChI is InChI=1S/C17H18N4O/c1-2-6-19-17(5-1)21-10-8-20(9-11-21)13-14-12-15-16(22-14)4-3-7-18-15/h1-7,12H,8-11,13H2. The minimum Gasteiger partial charge on any atom is -0.458 e. The van der Waals surface area contributed by atoms with Crippen molar-refractivity contribution in [2.45, 2.75) is 6.54 Å². The molecule has 0 amide bonds. The summed E-state index contributed by atoms with van der Waals surface area (Å²) in [5, 5.41) is 0. The lowest BCUT2D eigenvalue weighted by Gasteiger charge is -2.34. The molecule has 22 heavy (non-hydrogen) atoms. The van der Waals surface area contributed by atoms with Crippen LogP contribution in [0.25, 0.3) is 11.1 Å². The summed E-state index contributed by atoms with van der Waals surface area (Å²) in [7, 11) is 0. The molecule has 3 aromatic heterocycles. The van der Waals surface area contributed by atoms with Crippen LogP contribution in [0.15, 0.2) is 53.2 Å². The third-order valence-corrected chi connectivity index (χ3v) is 4.06. The molecule has 0 N–H and O–H groups in total. The zero-order chi connectivity index (χ0) is 14.8. The molecule has 0 unspecified atom stereocenters. The molecule has 0 radical (unpaired) electrons. The second-order valence-electron chi connectivity index (χ2n) is 5.55. The number of aromatic nitrogens is 2. The van der Waals surface area contributed by atoms with Gasteiger partial charge in [0, 0.05) is 44.6 Å². The Morgan fingerprint density at radius 2 is 1.82 bits per heavy atom. The Morgan fingerprint density at radius 3 is 2.59 bits per heavy atom. The Hall–Kier alpha value is -2.40. The van der Waals surface area contributed by atoms with Gasteiger partial charge in [0.25, 0.3) is 0 Å². The van der Waals surface area contributed by atoms with Gasteiger partial charge in [-0.3, -0.25) is 9.88 Å². The summed E-state index contributed by atoms with van der Waals surface area (Å²) in [6.07, 6.45) is 3.65. The van der Waals surface area contributed by atoms with Gasteiger partial charge in [0.2, 0.25) is 0 Å². The van der Waals surface area contributed by atoms with Gasteiger partial charge in [-0.05, 0) is 24.3 Å². The van der Waals surface area contributed by atoms with E-state index >= 15 is 0 Å². The molecule has 0 spiro atoms. The number of hydrogen-bond acceptors (Lipinski definition) is 5. The second kappa shape index (κ2) is 5.77. The zero-order valence-electron chi connectivity index (χ0n) is 12.4. The third-order valence-electron chi connectivity index (χ3n) is 4.06. The highest BCUT2D eigenvalue weighted by Gasteiger charge is 2.19. The van der Waals surface area contributed by atoms with E-state index in [1.807, 2.05) is 36.5 Å². The molecule has 5 heteroatoms. The molecular formula is C17H18N4O. The number of fused-ring (bicyclic) bond motifs is 1. The smallest absolute Gasteiger partial charge is 0.152 e. The predicted molar refractivity (Wildman–Crippen MR) is 85.7 cm³/mol. The maximum atomic E-state index is 5.85. The van der Waals surface area contributed by atoms with Crippen molar-refractivity contribution in [2.24, 2.45) is 0 Å². The Morgan fingerprint density at radius 1 is 0.955 bits per heavy atom. The molecule has 0 bridgehead atoms. The fourth-order valence-corrected chi connectivity index (χ4v) is 2.89. The molecule has 1 aliphatic heterocycles. The molecule has 4 heterocycles. The summed E-state index contributed by atoms with van der Waals surface area (Å²) in [4.78, 5) is 13.5. The van der Waals surface area contributed by atoms with Gasteiger partial charge < -0.3 is 9.32 Å². The van der Waals surface area contributed by atoms with Crippen LogP contribution in [0.3, 0.4) is 0 Å². The van der Waals surface area contributed by atoms with E-state index in [0.717, 1.165) is 55.4 Å². The van der Waals surface area contributed by atoms with E-state index in [2.05, 4.69) is 25.8 Å².